The lowest BCUT2D eigenvalue weighted by Crippen LogP contribution is -2.66. The molecule has 9 heteroatoms. The lowest BCUT2D eigenvalue weighted by molar-refractivity contribution is -0.104. The molecule has 140 valence electrons. The molecule has 0 amide bonds. The van der Waals surface area contributed by atoms with Crippen LogP contribution < -0.4 is 4.74 Å². The van der Waals surface area contributed by atoms with Crippen LogP contribution in [0.15, 0.2) is 41.9 Å². The van der Waals surface area contributed by atoms with E-state index in [2.05, 4.69) is 9.97 Å². The highest BCUT2D eigenvalue weighted by Gasteiger charge is 2.56. The van der Waals surface area contributed by atoms with Crippen molar-refractivity contribution in [3.8, 4) is 5.88 Å². The summed E-state index contributed by atoms with van der Waals surface area (Å²) < 4.78 is 40.0. The van der Waals surface area contributed by atoms with Crippen molar-refractivity contribution in [3.63, 3.8) is 0 Å². The summed E-state index contributed by atoms with van der Waals surface area (Å²) in [5, 5.41) is 0.0860. The topological polar surface area (TPSA) is 86.6 Å². The van der Waals surface area contributed by atoms with Gasteiger partial charge >= 0.3 is 0 Å². The maximum atomic E-state index is 12.6. The van der Waals surface area contributed by atoms with Crippen molar-refractivity contribution in [1.82, 2.24) is 18.8 Å². The van der Waals surface area contributed by atoms with Crippen LogP contribution in [0.1, 0.15) is 12.8 Å². The molecule has 0 saturated carbocycles. The van der Waals surface area contributed by atoms with Gasteiger partial charge in [0.2, 0.25) is 5.88 Å². The third kappa shape index (κ3) is 3.10. The first-order valence-electron chi connectivity index (χ1n) is 8.65. The number of hydrogen-bond donors (Lipinski definition) is 0. The molecular weight excluding hydrogens is 356 g/mol. The van der Waals surface area contributed by atoms with Gasteiger partial charge in [0.1, 0.15) is 0 Å². The van der Waals surface area contributed by atoms with Crippen LogP contribution in [0.5, 0.6) is 5.88 Å². The summed E-state index contributed by atoms with van der Waals surface area (Å²) in [5.41, 5.74) is -0.394. The number of aryl methyl sites for hydroxylation is 1. The Bertz CT molecular complexity index is 862. The lowest BCUT2D eigenvalue weighted by atomic mass is 9.80. The van der Waals surface area contributed by atoms with Gasteiger partial charge in [-0.1, -0.05) is 6.07 Å². The number of hydrogen-bond acceptors (Lipinski definition) is 6. The third-order valence-corrected chi connectivity index (χ3v) is 6.80. The molecule has 0 radical (unpaired) electrons. The molecule has 0 unspecified atom stereocenters. The Hall–Kier alpha value is -1.97. The second kappa shape index (κ2) is 6.64. The highest BCUT2D eigenvalue weighted by Crippen LogP contribution is 2.43. The van der Waals surface area contributed by atoms with E-state index in [0.29, 0.717) is 32.2 Å². The largest absolute Gasteiger partial charge is 0.478 e. The summed E-state index contributed by atoms with van der Waals surface area (Å²) in [6.45, 7) is 1.95. The number of aromatic nitrogens is 3. The number of ether oxygens (including phenoxy) is 2. The van der Waals surface area contributed by atoms with E-state index in [0.717, 1.165) is 12.8 Å². The van der Waals surface area contributed by atoms with Gasteiger partial charge in [-0.15, -0.1) is 0 Å². The van der Waals surface area contributed by atoms with Gasteiger partial charge < -0.3 is 14.0 Å². The molecule has 1 atom stereocenters. The quantitative estimate of drug-likeness (QED) is 0.747. The number of rotatable bonds is 6. The third-order valence-electron chi connectivity index (χ3n) is 5.13. The molecule has 4 heterocycles. The van der Waals surface area contributed by atoms with Crippen molar-refractivity contribution in [3.05, 3.63) is 36.9 Å². The Morgan fingerprint density at radius 2 is 2.19 bits per heavy atom. The van der Waals surface area contributed by atoms with Gasteiger partial charge in [-0.3, -0.25) is 0 Å². The first-order valence-corrected chi connectivity index (χ1v) is 10.1. The van der Waals surface area contributed by atoms with Crippen LogP contribution in [0.25, 0.3) is 0 Å². The molecule has 2 saturated heterocycles. The van der Waals surface area contributed by atoms with Crippen LogP contribution >= 0.6 is 0 Å². The van der Waals surface area contributed by atoms with Gasteiger partial charge in [-0.05, 0) is 24.8 Å². The molecule has 2 aliphatic heterocycles. The second-order valence-corrected chi connectivity index (χ2v) is 8.74. The zero-order valence-corrected chi connectivity index (χ0v) is 15.4. The highest BCUT2D eigenvalue weighted by molar-refractivity contribution is 7.89. The van der Waals surface area contributed by atoms with Crippen LogP contribution in [0, 0.1) is 5.92 Å². The van der Waals surface area contributed by atoms with E-state index in [-0.39, 0.29) is 10.9 Å². The number of imidazole rings is 1. The van der Waals surface area contributed by atoms with Crippen molar-refractivity contribution in [2.75, 3.05) is 26.3 Å². The van der Waals surface area contributed by atoms with Crippen LogP contribution in [-0.2, 0) is 21.8 Å². The molecule has 8 nitrogen and oxygen atoms in total. The summed E-state index contributed by atoms with van der Waals surface area (Å²) in [4.78, 5) is 8.12. The van der Waals surface area contributed by atoms with E-state index < -0.39 is 15.6 Å². The van der Waals surface area contributed by atoms with Gasteiger partial charge in [0, 0.05) is 45.2 Å². The first-order chi connectivity index (χ1) is 12.5. The standard InChI is InChI=1S/C17H22N4O4S/c1-20-10-16(19-13-20)26(22,23)21-11-17(12-21)14(6-9-25-17)5-8-24-15-4-2-3-7-18-15/h2-4,7,10,13-14H,5-6,8-9,11-12H2,1H3/t14-/m1/s1. The first kappa shape index (κ1) is 17.4. The van der Waals surface area contributed by atoms with E-state index in [9.17, 15) is 8.42 Å². The van der Waals surface area contributed by atoms with Crippen LogP contribution in [0.4, 0.5) is 0 Å². The van der Waals surface area contributed by atoms with E-state index in [4.69, 9.17) is 9.47 Å². The molecule has 2 aromatic heterocycles. The molecular formula is C17H22N4O4S. The average molecular weight is 378 g/mol. The number of pyridine rings is 1. The van der Waals surface area contributed by atoms with Crippen molar-refractivity contribution >= 4 is 10.0 Å². The predicted molar refractivity (Wildman–Crippen MR) is 93.1 cm³/mol. The maximum absolute atomic E-state index is 12.6. The van der Waals surface area contributed by atoms with Crippen molar-refractivity contribution < 1.29 is 17.9 Å². The fourth-order valence-corrected chi connectivity index (χ4v) is 5.18. The minimum Gasteiger partial charge on any atom is -0.478 e. The molecule has 0 aromatic carbocycles. The van der Waals surface area contributed by atoms with Gasteiger partial charge in [-0.25, -0.2) is 18.4 Å². The Balaban J connectivity index is 1.36. The van der Waals surface area contributed by atoms with Gasteiger partial charge in [-0.2, -0.15) is 4.31 Å². The summed E-state index contributed by atoms with van der Waals surface area (Å²) in [7, 11) is -1.80. The summed E-state index contributed by atoms with van der Waals surface area (Å²) >= 11 is 0. The minimum atomic E-state index is -3.55. The Kier molecular flexibility index (Phi) is 4.45. The molecule has 0 aliphatic carbocycles. The van der Waals surface area contributed by atoms with Gasteiger partial charge in [0.15, 0.2) is 5.03 Å². The van der Waals surface area contributed by atoms with E-state index in [1.165, 1.54) is 16.8 Å². The fourth-order valence-electron chi connectivity index (χ4n) is 3.66. The average Bonchev–Trinajstić information content (AvgIpc) is 3.21. The molecule has 2 fully saturated rings. The molecule has 1 spiro atoms. The molecule has 0 bridgehead atoms. The predicted octanol–water partition coefficient (Wildman–Crippen LogP) is 1.06. The van der Waals surface area contributed by atoms with E-state index in [1.54, 1.807) is 17.8 Å². The zero-order valence-electron chi connectivity index (χ0n) is 14.6. The van der Waals surface area contributed by atoms with E-state index >= 15 is 0 Å². The second-order valence-electron chi connectivity index (χ2n) is 6.85. The lowest BCUT2D eigenvalue weighted by Gasteiger charge is -2.48. The highest BCUT2D eigenvalue weighted by atomic mass is 32.2. The SMILES string of the molecule is Cn1cnc(S(=O)(=O)N2CC3(C2)OCC[C@H]3CCOc2ccccn2)c1. The minimum absolute atomic E-state index is 0.0860. The van der Waals surface area contributed by atoms with Crippen LogP contribution in [0.2, 0.25) is 0 Å². The maximum Gasteiger partial charge on any atom is 0.262 e. The molecule has 2 aliphatic rings. The fraction of sp³-hybridized carbons (Fsp3) is 0.529. The Morgan fingerprint density at radius 3 is 2.88 bits per heavy atom. The molecule has 0 N–H and O–H groups in total. The summed E-state index contributed by atoms with van der Waals surface area (Å²) in [6, 6.07) is 5.55. The van der Waals surface area contributed by atoms with Gasteiger partial charge in [0.25, 0.3) is 10.0 Å². The normalized spacial score (nSPS) is 22.4. The molecule has 4 rings (SSSR count). The molecule has 26 heavy (non-hydrogen) atoms. The monoisotopic (exact) mass is 378 g/mol. The number of nitrogens with zero attached hydrogens (tertiary/aromatic N) is 4. The van der Waals surface area contributed by atoms with E-state index in [1.807, 2.05) is 18.2 Å². The van der Waals surface area contributed by atoms with Crippen molar-refractivity contribution in [2.24, 2.45) is 13.0 Å². The smallest absolute Gasteiger partial charge is 0.262 e. The summed E-state index contributed by atoms with van der Waals surface area (Å²) in [6.07, 6.45) is 6.44. The van der Waals surface area contributed by atoms with Crippen molar-refractivity contribution in [2.45, 2.75) is 23.5 Å². The van der Waals surface area contributed by atoms with Crippen molar-refractivity contribution in [1.29, 1.82) is 0 Å². The van der Waals surface area contributed by atoms with Gasteiger partial charge in [0.05, 0.1) is 18.5 Å². The van der Waals surface area contributed by atoms with Crippen LogP contribution in [0.3, 0.4) is 0 Å². The molecule has 2 aromatic rings. The van der Waals surface area contributed by atoms with Crippen LogP contribution in [-0.4, -0.2) is 59.2 Å². The number of sulfonamides is 1. The Morgan fingerprint density at radius 1 is 1.35 bits per heavy atom. The Labute approximate surface area is 152 Å². The summed E-state index contributed by atoms with van der Waals surface area (Å²) in [5.74, 6) is 0.884. The zero-order chi connectivity index (χ0) is 18.2.